The third-order valence-corrected chi connectivity index (χ3v) is 4.34. The molecule has 1 atom stereocenters. The molecule has 0 spiro atoms. The molecule has 0 bridgehead atoms. The third kappa shape index (κ3) is 5.44. The van der Waals surface area contributed by atoms with E-state index in [0.29, 0.717) is 22.7 Å². The molecule has 0 aliphatic carbocycles. The van der Waals surface area contributed by atoms with Crippen molar-refractivity contribution >= 4 is 23.4 Å². The van der Waals surface area contributed by atoms with Crippen molar-refractivity contribution in [1.82, 2.24) is 10.6 Å². The fourth-order valence-corrected chi connectivity index (χ4v) is 2.93. The zero-order valence-electron chi connectivity index (χ0n) is 15.6. The van der Waals surface area contributed by atoms with Crippen LogP contribution in [0.15, 0.2) is 42.6 Å². The minimum absolute atomic E-state index is 0.132. The normalized spacial score (nSPS) is 11.5. The van der Waals surface area contributed by atoms with E-state index in [9.17, 15) is 14.8 Å². The fourth-order valence-electron chi connectivity index (χ4n) is 2.70. The molecule has 0 saturated heterocycles. The molecule has 2 aromatic rings. The fraction of sp³-hybridized carbons (Fsp3) is 0.300. The summed E-state index contributed by atoms with van der Waals surface area (Å²) in [4.78, 5) is 24.8. The zero-order valence-corrected chi connectivity index (χ0v) is 16.4. The maximum atomic E-state index is 12.6. The predicted molar refractivity (Wildman–Crippen MR) is 104 cm³/mol. The maximum absolute atomic E-state index is 12.6. The van der Waals surface area contributed by atoms with Gasteiger partial charge in [0.25, 0.3) is 11.6 Å². The minimum Gasteiger partial charge on any atom is -0.341 e. The van der Waals surface area contributed by atoms with Crippen LogP contribution < -0.4 is 15.4 Å². The van der Waals surface area contributed by atoms with Crippen LogP contribution in [0.2, 0.25) is 5.02 Å². The quantitative estimate of drug-likeness (QED) is 0.376. The van der Waals surface area contributed by atoms with E-state index in [1.807, 2.05) is 19.9 Å². The van der Waals surface area contributed by atoms with Gasteiger partial charge in [0.15, 0.2) is 0 Å². The van der Waals surface area contributed by atoms with Crippen LogP contribution in [0.1, 0.15) is 30.6 Å². The number of pyridine rings is 1. The van der Waals surface area contributed by atoms with E-state index in [2.05, 4.69) is 10.6 Å². The number of aromatic nitrogens is 1. The molecule has 0 unspecified atom stereocenters. The van der Waals surface area contributed by atoms with E-state index in [1.165, 1.54) is 6.20 Å². The Morgan fingerprint density at radius 3 is 2.57 bits per heavy atom. The number of carbonyl (C=O) groups is 2. The molecule has 0 saturated carbocycles. The van der Waals surface area contributed by atoms with Crippen molar-refractivity contribution in [2.75, 3.05) is 6.54 Å². The minimum atomic E-state index is -0.781. The van der Waals surface area contributed by atoms with Crippen molar-refractivity contribution in [3.63, 3.8) is 0 Å². The Kier molecular flexibility index (Phi) is 7.36. The van der Waals surface area contributed by atoms with Crippen molar-refractivity contribution in [2.24, 2.45) is 5.92 Å². The molecule has 0 fully saturated rings. The zero-order chi connectivity index (χ0) is 20.7. The first kappa shape index (κ1) is 21.2. The first-order valence-electron chi connectivity index (χ1n) is 8.79. The van der Waals surface area contributed by atoms with Gasteiger partial charge in [-0.3, -0.25) is 14.8 Å². The molecule has 8 heteroatoms. The first-order valence-corrected chi connectivity index (χ1v) is 9.16. The van der Waals surface area contributed by atoms with E-state index < -0.39 is 17.9 Å². The van der Waals surface area contributed by atoms with E-state index in [0.717, 1.165) is 4.73 Å². The molecule has 2 rings (SSSR count). The number of hydrogen-bond acceptors (Lipinski definition) is 4. The summed E-state index contributed by atoms with van der Waals surface area (Å²) in [5.74, 6) is -0.775. The molecule has 146 valence electrons. The summed E-state index contributed by atoms with van der Waals surface area (Å²) in [6, 6.07) is 11.2. The molecule has 2 amide bonds. The number of benzene rings is 1. The van der Waals surface area contributed by atoms with E-state index in [-0.39, 0.29) is 18.0 Å². The number of rotatable bonds is 7. The summed E-state index contributed by atoms with van der Waals surface area (Å²) in [6.45, 7) is 3.72. The summed E-state index contributed by atoms with van der Waals surface area (Å²) < 4.78 is 0.823. The summed E-state index contributed by atoms with van der Waals surface area (Å²) in [7, 11) is 0. The van der Waals surface area contributed by atoms with Gasteiger partial charge < -0.3 is 10.6 Å². The molecule has 28 heavy (non-hydrogen) atoms. The lowest BCUT2D eigenvalue weighted by atomic mass is 10.0. The summed E-state index contributed by atoms with van der Waals surface area (Å²) in [6.07, 6.45) is 1.67. The van der Waals surface area contributed by atoms with Crippen molar-refractivity contribution in [2.45, 2.75) is 26.3 Å². The number of carbonyl (C=O) groups excluding carboxylic acids is 2. The molecule has 0 radical (unpaired) electrons. The Labute approximate surface area is 168 Å². The van der Waals surface area contributed by atoms with Crippen molar-refractivity contribution in [1.29, 1.82) is 5.26 Å². The molecule has 7 nitrogen and oxygen atoms in total. The van der Waals surface area contributed by atoms with Crippen LogP contribution in [0.4, 0.5) is 0 Å². The molecular formula is C20H22ClN4O3+. The Morgan fingerprint density at radius 1 is 1.25 bits per heavy atom. The monoisotopic (exact) mass is 401 g/mol. The number of nitrogens with zero attached hydrogens (tertiary/aromatic N) is 2. The molecule has 0 aliphatic heterocycles. The molecule has 1 aromatic heterocycles. The predicted octanol–water partition coefficient (Wildman–Crippen LogP) is 2.32. The standard InChI is InChI=1S/C20H21ClN4O3/c1-13(2)11-17(20(27)23-10-9-22)24-19(26)14-7-8-18(25(28)12-14)15-5-3-4-6-16(15)21/h3-8,12-13,17H,10-11H2,1-2H3,(H2-,23,24,26,27,28)/p+1/t17-/m0/s1. The Hall–Kier alpha value is -3.11. The van der Waals surface area contributed by atoms with Gasteiger partial charge in [-0.15, -0.1) is 0 Å². The van der Waals surface area contributed by atoms with Gasteiger partial charge in [0.05, 0.1) is 16.7 Å². The van der Waals surface area contributed by atoms with Gasteiger partial charge >= 0.3 is 0 Å². The average Bonchev–Trinajstić information content (AvgIpc) is 2.65. The average molecular weight is 402 g/mol. The molecular weight excluding hydrogens is 380 g/mol. The Morgan fingerprint density at radius 2 is 1.96 bits per heavy atom. The number of hydrogen-bond donors (Lipinski definition) is 3. The van der Waals surface area contributed by atoms with Gasteiger partial charge in [-0.05, 0) is 30.5 Å². The highest BCUT2D eigenvalue weighted by molar-refractivity contribution is 6.33. The topological polar surface area (TPSA) is 106 Å². The van der Waals surface area contributed by atoms with Crippen molar-refractivity contribution in [3.05, 3.63) is 53.2 Å². The first-order chi connectivity index (χ1) is 13.3. The lowest BCUT2D eigenvalue weighted by Crippen LogP contribution is -2.48. The van der Waals surface area contributed by atoms with Gasteiger partial charge in [0.1, 0.15) is 18.2 Å². The SMILES string of the molecule is CC(C)C[C@H](NC(=O)c1ccc(-c2ccccc2Cl)[n+](O)c1)C(=O)NCC#N. The van der Waals surface area contributed by atoms with Crippen molar-refractivity contribution < 1.29 is 19.5 Å². The second-order valence-corrected chi connectivity index (χ2v) is 7.07. The van der Waals surface area contributed by atoms with Gasteiger partial charge in [0, 0.05) is 10.8 Å². The second-order valence-electron chi connectivity index (χ2n) is 6.66. The van der Waals surface area contributed by atoms with Gasteiger partial charge in [0.2, 0.25) is 12.1 Å². The number of nitriles is 1. The highest BCUT2D eigenvalue weighted by Gasteiger charge is 2.25. The highest BCUT2D eigenvalue weighted by Crippen LogP contribution is 2.24. The van der Waals surface area contributed by atoms with E-state index in [1.54, 1.807) is 36.4 Å². The van der Waals surface area contributed by atoms with Crippen molar-refractivity contribution in [3.8, 4) is 17.3 Å². The third-order valence-electron chi connectivity index (χ3n) is 4.01. The van der Waals surface area contributed by atoms with E-state index in [4.69, 9.17) is 16.9 Å². The maximum Gasteiger partial charge on any atom is 0.265 e. The van der Waals surface area contributed by atoms with Crippen LogP contribution in [0, 0.1) is 17.2 Å². The van der Waals surface area contributed by atoms with Crippen LogP contribution in [0.25, 0.3) is 11.3 Å². The second kappa shape index (κ2) is 9.72. The molecule has 1 heterocycles. The lowest BCUT2D eigenvalue weighted by molar-refractivity contribution is -0.896. The van der Waals surface area contributed by atoms with Crippen LogP contribution >= 0.6 is 11.6 Å². The summed E-state index contributed by atoms with van der Waals surface area (Å²) in [5.41, 5.74) is 1.22. The number of halogens is 1. The molecule has 0 aliphatic rings. The largest absolute Gasteiger partial charge is 0.341 e. The van der Waals surface area contributed by atoms with Gasteiger partial charge in [-0.2, -0.15) is 5.26 Å². The van der Waals surface area contributed by atoms with E-state index >= 15 is 0 Å². The summed E-state index contributed by atoms with van der Waals surface area (Å²) in [5, 5.41) is 24.5. The van der Waals surface area contributed by atoms with Crippen LogP contribution in [-0.2, 0) is 4.79 Å². The van der Waals surface area contributed by atoms with Gasteiger partial charge in [-0.25, -0.2) is 0 Å². The highest BCUT2D eigenvalue weighted by atomic mass is 35.5. The smallest absolute Gasteiger partial charge is 0.265 e. The Balaban J connectivity index is 2.20. The van der Waals surface area contributed by atoms with Gasteiger partial charge in [-0.1, -0.05) is 37.6 Å². The van der Waals surface area contributed by atoms with Crippen LogP contribution in [-0.4, -0.2) is 29.6 Å². The number of amides is 2. The number of nitrogens with one attached hydrogen (secondary N) is 2. The summed E-state index contributed by atoms with van der Waals surface area (Å²) >= 11 is 6.16. The Bertz CT molecular complexity index is 909. The molecule has 3 N–H and O–H groups in total. The van der Waals surface area contributed by atoms with Crippen LogP contribution in [0.3, 0.4) is 0 Å². The lowest BCUT2D eigenvalue weighted by Gasteiger charge is -2.19. The van der Waals surface area contributed by atoms with Crippen LogP contribution in [0.5, 0.6) is 0 Å². The molecule has 1 aromatic carbocycles.